The lowest BCUT2D eigenvalue weighted by Crippen LogP contribution is -2.31. The molecule has 0 aliphatic rings. The molecular formula is C20H22N4O. The molecule has 0 atom stereocenters. The number of nitrogens with one attached hydrogen (secondary N) is 1. The van der Waals surface area contributed by atoms with Crippen LogP contribution in [0.5, 0.6) is 0 Å². The van der Waals surface area contributed by atoms with Crippen LogP contribution in [-0.4, -0.2) is 27.2 Å². The van der Waals surface area contributed by atoms with Crippen LogP contribution in [0, 0.1) is 5.92 Å². The van der Waals surface area contributed by atoms with Crippen molar-refractivity contribution < 1.29 is 4.79 Å². The lowest BCUT2D eigenvalue weighted by molar-refractivity contribution is -0.121. The van der Waals surface area contributed by atoms with Gasteiger partial charge in [0.25, 0.3) is 0 Å². The largest absolute Gasteiger partial charge is 0.354 e. The SMILES string of the molecule is CC(C)CNC(=O)Cn1nc(-c2ccccc2)nc1-c1ccccc1. The van der Waals surface area contributed by atoms with Crippen molar-refractivity contribution in [2.75, 3.05) is 6.54 Å². The highest BCUT2D eigenvalue weighted by molar-refractivity contribution is 5.76. The Morgan fingerprint density at radius 3 is 2.20 bits per heavy atom. The minimum atomic E-state index is -0.0598. The van der Waals surface area contributed by atoms with Crippen LogP contribution >= 0.6 is 0 Å². The first kappa shape index (κ1) is 16.9. The molecule has 0 saturated carbocycles. The number of nitrogens with zero attached hydrogens (tertiary/aromatic N) is 3. The van der Waals surface area contributed by atoms with E-state index in [1.807, 2.05) is 60.7 Å². The quantitative estimate of drug-likeness (QED) is 0.752. The van der Waals surface area contributed by atoms with Crippen molar-refractivity contribution in [2.24, 2.45) is 5.92 Å². The van der Waals surface area contributed by atoms with Gasteiger partial charge in [0.2, 0.25) is 5.91 Å². The molecule has 0 spiro atoms. The summed E-state index contributed by atoms with van der Waals surface area (Å²) in [6.07, 6.45) is 0. The summed E-state index contributed by atoms with van der Waals surface area (Å²) < 4.78 is 1.67. The van der Waals surface area contributed by atoms with E-state index in [0.717, 1.165) is 11.1 Å². The molecule has 0 radical (unpaired) electrons. The maximum atomic E-state index is 12.2. The van der Waals surface area contributed by atoms with Crippen molar-refractivity contribution in [3.8, 4) is 22.8 Å². The molecule has 1 amide bonds. The molecule has 0 fully saturated rings. The Bertz CT molecular complexity index is 825. The van der Waals surface area contributed by atoms with Crippen LogP contribution in [-0.2, 0) is 11.3 Å². The zero-order valence-electron chi connectivity index (χ0n) is 14.5. The average molecular weight is 334 g/mol. The topological polar surface area (TPSA) is 59.8 Å². The van der Waals surface area contributed by atoms with Crippen molar-refractivity contribution in [3.63, 3.8) is 0 Å². The standard InChI is InChI=1S/C20H22N4O/c1-15(2)13-21-18(25)14-24-20(17-11-7-4-8-12-17)22-19(23-24)16-9-5-3-6-10-16/h3-12,15H,13-14H2,1-2H3,(H,21,25). The predicted molar refractivity (Wildman–Crippen MR) is 98.7 cm³/mol. The van der Waals surface area contributed by atoms with E-state index in [1.54, 1.807) is 4.68 Å². The Hall–Kier alpha value is -2.95. The first-order chi connectivity index (χ1) is 12.1. The number of carbonyl (C=O) groups is 1. The Kier molecular flexibility index (Phi) is 5.23. The van der Waals surface area contributed by atoms with E-state index < -0.39 is 0 Å². The molecule has 0 aliphatic carbocycles. The van der Waals surface area contributed by atoms with Gasteiger partial charge in [-0.1, -0.05) is 74.5 Å². The van der Waals surface area contributed by atoms with E-state index in [0.29, 0.717) is 24.1 Å². The highest BCUT2D eigenvalue weighted by atomic mass is 16.2. The Morgan fingerprint density at radius 1 is 1.00 bits per heavy atom. The molecule has 0 unspecified atom stereocenters. The lowest BCUT2D eigenvalue weighted by Gasteiger charge is -2.09. The van der Waals surface area contributed by atoms with E-state index in [2.05, 4.69) is 29.2 Å². The van der Waals surface area contributed by atoms with Gasteiger partial charge in [0.1, 0.15) is 6.54 Å². The normalized spacial score (nSPS) is 10.8. The van der Waals surface area contributed by atoms with Gasteiger partial charge in [-0.05, 0) is 5.92 Å². The molecule has 2 aromatic carbocycles. The van der Waals surface area contributed by atoms with Gasteiger partial charge in [0.15, 0.2) is 11.6 Å². The molecule has 3 rings (SSSR count). The summed E-state index contributed by atoms with van der Waals surface area (Å²) >= 11 is 0. The van der Waals surface area contributed by atoms with Crippen molar-refractivity contribution in [2.45, 2.75) is 20.4 Å². The highest BCUT2D eigenvalue weighted by Crippen LogP contribution is 2.22. The molecular weight excluding hydrogens is 312 g/mol. The zero-order valence-corrected chi connectivity index (χ0v) is 14.5. The number of amides is 1. The minimum absolute atomic E-state index is 0.0598. The summed E-state index contributed by atoms with van der Waals surface area (Å²) in [5.41, 5.74) is 1.87. The third kappa shape index (κ3) is 4.32. The fourth-order valence-corrected chi connectivity index (χ4v) is 2.47. The van der Waals surface area contributed by atoms with E-state index in [9.17, 15) is 4.79 Å². The van der Waals surface area contributed by atoms with E-state index in [1.165, 1.54) is 0 Å². The predicted octanol–water partition coefficient (Wildman–Crippen LogP) is 3.38. The average Bonchev–Trinajstić information content (AvgIpc) is 3.05. The number of carbonyl (C=O) groups excluding carboxylic acids is 1. The van der Waals surface area contributed by atoms with Crippen molar-refractivity contribution in [1.29, 1.82) is 0 Å². The number of hydrogen-bond donors (Lipinski definition) is 1. The number of rotatable bonds is 6. The fourth-order valence-electron chi connectivity index (χ4n) is 2.47. The van der Waals surface area contributed by atoms with Gasteiger partial charge < -0.3 is 5.32 Å². The van der Waals surface area contributed by atoms with Crippen LogP contribution in [0.25, 0.3) is 22.8 Å². The Morgan fingerprint density at radius 2 is 1.60 bits per heavy atom. The monoisotopic (exact) mass is 334 g/mol. The van der Waals surface area contributed by atoms with Gasteiger partial charge in [-0.25, -0.2) is 9.67 Å². The number of benzene rings is 2. The molecule has 1 aromatic heterocycles. The number of aromatic nitrogens is 3. The lowest BCUT2D eigenvalue weighted by atomic mass is 10.2. The third-order valence-corrected chi connectivity index (χ3v) is 3.74. The van der Waals surface area contributed by atoms with E-state index in [4.69, 9.17) is 0 Å². The molecule has 1 heterocycles. The van der Waals surface area contributed by atoms with Crippen LogP contribution in [0.4, 0.5) is 0 Å². The van der Waals surface area contributed by atoms with Gasteiger partial charge in [-0.2, -0.15) is 0 Å². The first-order valence-corrected chi connectivity index (χ1v) is 8.46. The molecule has 0 bridgehead atoms. The number of hydrogen-bond acceptors (Lipinski definition) is 3. The first-order valence-electron chi connectivity index (χ1n) is 8.46. The van der Waals surface area contributed by atoms with Gasteiger partial charge in [0.05, 0.1) is 0 Å². The molecule has 3 aromatic rings. The molecule has 25 heavy (non-hydrogen) atoms. The van der Waals surface area contributed by atoms with Crippen LogP contribution in [0.2, 0.25) is 0 Å². The molecule has 5 nitrogen and oxygen atoms in total. The van der Waals surface area contributed by atoms with Gasteiger partial charge in [0, 0.05) is 17.7 Å². The molecule has 0 aliphatic heterocycles. The highest BCUT2D eigenvalue weighted by Gasteiger charge is 2.15. The Balaban J connectivity index is 1.92. The molecule has 0 saturated heterocycles. The van der Waals surface area contributed by atoms with Crippen LogP contribution in [0.3, 0.4) is 0 Å². The molecule has 5 heteroatoms. The van der Waals surface area contributed by atoms with Crippen molar-refractivity contribution in [1.82, 2.24) is 20.1 Å². The third-order valence-electron chi connectivity index (χ3n) is 3.74. The van der Waals surface area contributed by atoms with Gasteiger partial charge in [-0.3, -0.25) is 4.79 Å². The van der Waals surface area contributed by atoms with Gasteiger partial charge >= 0.3 is 0 Å². The van der Waals surface area contributed by atoms with Crippen LogP contribution in [0.1, 0.15) is 13.8 Å². The van der Waals surface area contributed by atoms with Crippen LogP contribution in [0.15, 0.2) is 60.7 Å². The summed E-state index contributed by atoms with van der Waals surface area (Å²) in [6.45, 7) is 4.94. The summed E-state index contributed by atoms with van der Waals surface area (Å²) in [4.78, 5) is 16.9. The van der Waals surface area contributed by atoms with Crippen molar-refractivity contribution in [3.05, 3.63) is 60.7 Å². The maximum absolute atomic E-state index is 12.2. The summed E-state index contributed by atoms with van der Waals surface area (Å²) in [5.74, 6) is 1.67. The molecule has 1 N–H and O–H groups in total. The Labute approximate surface area is 147 Å². The summed E-state index contributed by atoms with van der Waals surface area (Å²) in [5, 5.41) is 7.50. The fraction of sp³-hybridized carbons (Fsp3) is 0.250. The second-order valence-corrected chi connectivity index (χ2v) is 6.35. The van der Waals surface area contributed by atoms with Gasteiger partial charge in [-0.15, -0.1) is 5.10 Å². The second-order valence-electron chi connectivity index (χ2n) is 6.35. The zero-order chi connectivity index (χ0) is 17.6. The maximum Gasteiger partial charge on any atom is 0.241 e. The smallest absolute Gasteiger partial charge is 0.241 e. The second kappa shape index (κ2) is 7.75. The summed E-state index contributed by atoms with van der Waals surface area (Å²) in [6, 6.07) is 19.6. The van der Waals surface area contributed by atoms with E-state index >= 15 is 0 Å². The van der Waals surface area contributed by atoms with E-state index in [-0.39, 0.29) is 12.5 Å². The minimum Gasteiger partial charge on any atom is -0.354 e. The van der Waals surface area contributed by atoms with Crippen molar-refractivity contribution >= 4 is 5.91 Å². The van der Waals surface area contributed by atoms with Crippen LogP contribution < -0.4 is 5.32 Å². The molecule has 128 valence electrons. The summed E-state index contributed by atoms with van der Waals surface area (Å²) in [7, 11) is 0.